The fraction of sp³-hybridized carbons (Fsp3) is 0.500. The molecule has 1 aromatic heterocycles. The molecule has 3 nitrogen and oxygen atoms in total. The van der Waals surface area contributed by atoms with Gasteiger partial charge in [0.1, 0.15) is 11.3 Å². The Balaban J connectivity index is 2.27. The molecular formula is C14H18ClFN2O. The van der Waals surface area contributed by atoms with E-state index < -0.39 is 0 Å². The summed E-state index contributed by atoms with van der Waals surface area (Å²) in [6.07, 6.45) is 1.52. The van der Waals surface area contributed by atoms with Crippen LogP contribution < -0.4 is 0 Å². The van der Waals surface area contributed by atoms with Crippen molar-refractivity contribution in [3.63, 3.8) is 0 Å². The SMILES string of the molecule is CCOCCCn1c(CCCl)nc2c(F)cccc21. The quantitative estimate of drug-likeness (QED) is 0.576. The Kier molecular flexibility index (Phi) is 5.16. The van der Waals surface area contributed by atoms with Gasteiger partial charge in [-0.05, 0) is 25.5 Å². The highest BCUT2D eigenvalue weighted by molar-refractivity contribution is 6.17. The highest BCUT2D eigenvalue weighted by Gasteiger charge is 2.12. The maximum absolute atomic E-state index is 13.7. The van der Waals surface area contributed by atoms with Crippen molar-refractivity contribution in [2.24, 2.45) is 0 Å². The molecule has 0 aliphatic rings. The van der Waals surface area contributed by atoms with Gasteiger partial charge >= 0.3 is 0 Å². The lowest BCUT2D eigenvalue weighted by Gasteiger charge is -2.08. The molecule has 0 saturated carbocycles. The number of hydrogen-bond donors (Lipinski definition) is 0. The Morgan fingerprint density at radius 3 is 3.00 bits per heavy atom. The van der Waals surface area contributed by atoms with Crippen LogP contribution in [0.3, 0.4) is 0 Å². The minimum atomic E-state index is -0.281. The van der Waals surface area contributed by atoms with Crippen LogP contribution in [-0.4, -0.2) is 28.6 Å². The molecule has 0 bridgehead atoms. The van der Waals surface area contributed by atoms with Crippen molar-refractivity contribution < 1.29 is 9.13 Å². The van der Waals surface area contributed by atoms with Crippen molar-refractivity contribution in [1.29, 1.82) is 0 Å². The average molecular weight is 285 g/mol. The summed E-state index contributed by atoms with van der Waals surface area (Å²) in [5, 5.41) is 0. The van der Waals surface area contributed by atoms with E-state index in [1.165, 1.54) is 6.07 Å². The van der Waals surface area contributed by atoms with Gasteiger partial charge in [-0.2, -0.15) is 0 Å². The summed E-state index contributed by atoms with van der Waals surface area (Å²) in [7, 11) is 0. The van der Waals surface area contributed by atoms with Gasteiger partial charge < -0.3 is 9.30 Å². The minimum Gasteiger partial charge on any atom is -0.382 e. The van der Waals surface area contributed by atoms with Gasteiger partial charge in [0, 0.05) is 32.1 Å². The van der Waals surface area contributed by atoms with Crippen molar-refractivity contribution in [2.75, 3.05) is 19.1 Å². The number of halogens is 2. The van der Waals surface area contributed by atoms with Crippen molar-refractivity contribution in [3.05, 3.63) is 29.8 Å². The smallest absolute Gasteiger partial charge is 0.151 e. The van der Waals surface area contributed by atoms with Gasteiger partial charge in [-0.25, -0.2) is 9.37 Å². The zero-order chi connectivity index (χ0) is 13.7. The second-order valence-corrected chi connectivity index (χ2v) is 4.65. The van der Waals surface area contributed by atoms with Gasteiger partial charge in [-0.15, -0.1) is 11.6 Å². The molecule has 5 heteroatoms. The summed E-state index contributed by atoms with van der Waals surface area (Å²) >= 11 is 5.79. The van der Waals surface area contributed by atoms with Crippen molar-refractivity contribution in [1.82, 2.24) is 9.55 Å². The molecule has 104 valence electrons. The first kappa shape index (κ1) is 14.3. The maximum Gasteiger partial charge on any atom is 0.151 e. The Labute approximate surface area is 117 Å². The molecular weight excluding hydrogens is 267 g/mol. The third-order valence-electron chi connectivity index (χ3n) is 3.00. The van der Waals surface area contributed by atoms with Crippen molar-refractivity contribution in [3.8, 4) is 0 Å². The molecule has 0 N–H and O–H groups in total. The molecule has 0 amide bonds. The van der Waals surface area contributed by atoms with E-state index in [4.69, 9.17) is 16.3 Å². The van der Waals surface area contributed by atoms with E-state index in [1.807, 2.05) is 17.6 Å². The van der Waals surface area contributed by atoms with E-state index in [0.29, 0.717) is 31.0 Å². The second kappa shape index (κ2) is 6.87. The zero-order valence-corrected chi connectivity index (χ0v) is 11.8. The van der Waals surface area contributed by atoms with Crippen molar-refractivity contribution in [2.45, 2.75) is 26.3 Å². The fourth-order valence-corrected chi connectivity index (χ4v) is 2.32. The number of benzene rings is 1. The van der Waals surface area contributed by atoms with Crippen LogP contribution in [0.2, 0.25) is 0 Å². The normalized spacial score (nSPS) is 11.3. The molecule has 0 atom stereocenters. The summed E-state index contributed by atoms with van der Waals surface area (Å²) in [6.45, 7) is 4.16. The Bertz CT molecular complexity index is 541. The van der Waals surface area contributed by atoms with Crippen LogP contribution in [0.25, 0.3) is 11.0 Å². The molecule has 1 aromatic carbocycles. The van der Waals surface area contributed by atoms with E-state index in [-0.39, 0.29) is 5.82 Å². The molecule has 0 saturated heterocycles. The Morgan fingerprint density at radius 1 is 1.42 bits per heavy atom. The molecule has 2 rings (SSSR count). The third kappa shape index (κ3) is 3.25. The molecule has 19 heavy (non-hydrogen) atoms. The first-order valence-electron chi connectivity index (χ1n) is 6.55. The maximum atomic E-state index is 13.7. The minimum absolute atomic E-state index is 0.281. The highest BCUT2D eigenvalue weighted by Crippen LogP contribution is 2.20. The van der Waals surface area contributed by atoms with E-state index >= 15 is 0 Å². The van der Waals surface area contributed by atoms with Crippen LogP contribution in [0.15, 0.2) is 18.2 Å². The molecule has 0 aliphatic carbocycles. The number of imidazole rings is 1. The Morgan fingerprint density at radius 2 is 2.26 bits per heavy atom. The van der Waals surface area contributed by atoms with Crippen LogP contribution in [0.4, 0.5) is 4.39 Å². The first-order chi connectivity index (χ1) is 9.27. The van der Waals surface area contributed by atoms with Crippen LogP contribution in [0.1, 0.15) is 19.2 Å². The van der Waals surface area contributed by atoms with Crippen LogP contribution in [-0.2, 0) is 17.7 Å². The topological polar surface area (TPSA) is 27.1 Å². The van der Waals surface area contributed by atoms with Gasteiger partial charge in [0.05, 0.1) is 5.52 Å². The molecule has 0 unspecified atom stereocenters. The third-order valence-corrected chi connectivity index (χ3v) is 3.19. The van der Waals surface area contributed by atoms with Gasteiger partial charge in [0.2, 0.25) is 0 Å². The number of ether oxygens (including phenoxy) is 1. The predicted octanol–water partition coefficient (Wildman–Crippen LogP) is 3.38. The van der Waals surface area contributed by atoms with Gasteiger partial charge in [0.25, 0.3) is 0 Å². The number of fused-ring (bicyclic) bond motifs is 1. The number of hydrogen-bond acceptors (Lipinski definition) is 2. The van der Waals surface area contributed by atoms with Gasteiger partial charge in [-0.1, -0.05) is 6.07 Å². The van der Waals surface area contributed by atoms with E-state index in [9.17, 15) is 4.39 Å². The average Bonchev–Trinajstić information content (AvgIpc) is 2.75. The second-order valence-electron chi connectivity index (χ2n) is 4.28. The first-order valence-corrected chi connectivity index (χ1v) is 7.08. The predicted molar refractivity (Wildman–Crippen MR) is 75.2 cm³/mol. The molecule has 0 spiro atoms. The summed E-state index contributed by atoms with van der Waals surface area (Å²) in [5.74, 6) is 1.04. The lowest BCUT2D eigenvalue weighted by molar-refractivity contribution is 0.141. The number of rotatable bonds is 7. The summed E-state index contributed by atoms with van der Waals surface area (Å²) in [6, 6.07) is 5.04. The molecule has 2 aromatic rings. The monoisotopic (exact) mass is 284 g/mol. The van der Waals surface area contributed by atoms with Gasteiger partial charge in [0.15, 0.2) is 5.82 Å². The van der Waals surface area contributed by atoms with Gasteiger partial charge in [-0.3, -0.25) is 0 Å². The largest absolute Gasteiger partial charge is 0.382 e. The lowest BCUT2D eigenvalue weighted by atomic mass is 10.3. The molecule has 0 fully saturated rings. The number of para-hydroxylation sites is 1. The molecule has 0 radical (unpaired) electrons. The van der Waals surface area contributed by atoms with Crippen LogP contribution >= 0.6 is 11.6 Å². The number of alkyl halides is 1. The summed E-state index contributed by atoms with van der Waals surface area (Å²) in [5.41, 5.74) is 1.26. The zero-order valence-electron chi connectivity index (χ0n) is 11.0. The number of nitrogens with zero attached hydrogens (tertiary/aromatic N) is 2. The van der Waals surface area contributed by atoms with E-state index in [1.54, 1.807) is 6.07 Å². The van der Waals surface area contributed by atoms with Crippen LogP contribution in [0, 0.1) is 5.82 Å². The van der Waals surface area contributed by atoms with E-state index in [0.717, 1.165) is 24.3 Å². The standard InChI is InChI=1S/C14H18ClFN2O/c1-2-19-10-4-9-18-12-6-3-5-11(16)14(12)17-13(18)7-8-15/h3,5-6H,2,4,7-10H2,1H3. The molecule has 1 heterocycles. The van der Waals surface area contributed by atoms with Crippen molar-refractivity contribution >= 4 is 22.6 Å². The Hall–Kier alpha value is -1.13. The molecule has 0 aliphatic heterocycles. The van der Waals surface area contributed by atoms with Crippen LogP contribution in [0.5, 0.6) is 0 Å². The number of aryl methyl sites for hydroxylation is 2. The fourth-order valence-electron chi connectivity index (χ4n) is 2.15. The summed E-state index contributed by atoms with van der Waals surface area (Å²) in [4.78, 5) is 4.36. The van der Waals surface area contributed by atoms with E-state index in [2.05, 4.69) is 4.98 Å². The lowest BCUT2D eigenvalue weighted by Crippen LogP contribution is -2.07. The highest BCUT2D eigenvalue weighted by atomic mass is 35.5. The number of aromatic nitrogens is 2. The summed E-state index contributed by atoms with van der Waals surface area (Å²) < 4.78 is 21.1.